The molecular formula is C18H10Cl2F3O3-. The number of benzene rings is 2. The van der Waals surface area contributed by atoms with Crippen LogP contribution in [0.15, 0.2) is 42.0 Å². The van der Waals surface area contributed by atoms with Crippen LogP contribution in [0.2, 0.25) is 10.0 Å². The fourth-order valence-corrected chi connectivity index (χ4v) is 2.99. The van der Waals surface area contributed by atoms with Crippen LogP contribution >= 0.6 is 23.2 Å². The van der Waals surface area contributed by atoms with Gasteiger partial charge in [-0.15, -0.1) is 0 Å². The molecule has 0 fully saturated rings. The first-order valence-corrected chi connectivity index (χ1v) is 8.14. The summed E-state index contributed by atoms with van der Waals surface area (Å²) in [5, 5.41) is 11.9. The molecule has 136 valence electrons. The third-order valence-corrected chi connectivity index (χ3v) is 4.46. The van der Waals surface area contributed by atoms with Gasteiger partial charge in [-0.2, -0.15) is 13.2 Å². The second-order valence-electron chi connectivity index (χ2n) is 5.71. The van der Waals surface area contributed by atoms with Crippen molar-refractivity contribution in [2.45, 2.75) is 18.7 Å². The summed E-state index contributed by atoms with van der Waals surface area (Å²) in [6.45, 7) is 0. The first-order chi connectivity index (χ1) is 12.1. The van der Waals surface area contributed by atoms with E-state index < -0.39 is 23.8 Å². The number of hydrogen-bond acceptors (Lipinski definition) is 3. The van der Waals surface area contributed by atoms with Crippen LogP contribution in [0.25, 0.3) is 6.08 Å². The zero-order valence-electron chi connectivity index (χ0n) is 12.9. The van der Waals surface area contributed by atoms with Crippen molar-refractivity contribution in [3.8, 4) is 5.75 Å². The van der Waals surface area contributed by atoms with Gasteiger partial charge in [-0.05, 0) is 47.9 Å². The fourth-order valence-electron chi connectivity index (χ4n) is 2.63. The summed E-state index contributed by atoms with van der Waals surface area (Å²) >= 11 is 12.0. The highest BCUT2D eigenvalue weighted by atomic mass is 35.5. The molecule has 0 aliphatic carbocycles. The average molecular weight is 402 g/mol. The Morgan fingerprint density at radius 1 is 1.15 bits per heavy atom. The lowest BCUT2D eigenvalue weighted by molar-refractivity contribution is -0.302. The van der Waals surface area contributed by atoms with E-state index in [0.29, 0.717) is 17.0 Å². The van der Waals surface area contributed by atoms with Crippen LogP contribution in [-0.2, 0) is 11.2 Å². The topological polar surface area (TPSA) is 49.4 Å². The lowest BCUT2D eigenvalue weighted by Crippen LogP contribution is -2.44. The molecule has 0 radical (unpaired) electrons. The summed E-state index contributed by atoms with van der Waals surface area (Å²) in [6, 6.07) is 9.67. The maximum absolute atomic E-state index is 13.1. The second-order valence-corrected chi connectivity index (χ2v) is 6.55. The molecule has 0 spiro atoms. The number of alkyl halides is 3. The number of ether oxygens (including phenoxy) is 1. The van der Waals surface area contributed by atoms with Crippen LogP contribution in [0.1, 0.15) is 16.7 Å². The fraction of sp³-hybridized carbons (Fsp3) is 0.167. The minimum atomic E-state index is -4.89. The summed E-state index contributed by atoms with van der Waals surface area (Å²) in [6.07, 6.45) is -6.26. The van der Waals surface area contributed by atoms with E-state index in [1.165, 1.54) is 12.1 Å². The highest BCUT2D eigenvalue weighted by molar-refractivity contribution is 6.31. The number of fused-ring (bicyclic) bond motifs is 1. The number of carboxylic acid groups (broad SMARTS) is 1. The number of halogens is 5. The largest absolute Gasteiger partial charge is 0.545 e. The van der Waals surface area contributed by atoms with Crippen LogP contribution < -0.4 is 9.84 Å². The Morgan fingerprint density at radius 3 is 2.38 bits per heavy atom. The van der Waals surface area contributed by atoms with Crippen molar-refractivity contribution in [1.82, 2.24) is 0 Å². The van der Waals surface area contributed by atoms with Gasteiger partial charge in [0.05, 0.1) is 5.97 Å². The molecule has 1 aliphatic heterocycles. The molecule has 3 nitrogen and oxygen atoms in total. The molecule has 1 unspecified atom stereocenters. The highest BCUT2D eigenvalue weighted by Gasteiger charge is 2.46. The number of aliphatic carboxylic acids is 1. The average Bonchev–Trinajstić information content (AvgIpc) is 2.55. The molecule has 0 N–H and O–H groups in total. The first kappa shape index (κ1) is 18.6. The summed E-state index contributed by atoms with van der Waals surface area (Å²) in [5.41, 5.74) is 0.547. The normalized spacial score (nSPS) is 16.5. The molecule has 26 heavy (non-hydrogen) atoms. The molecule has 1 heterocycles. The van der Waals surface area contributed by atoms with Crippen molar-refractivity contribution in [2.24, 2.45) is 0 Å². The maximum Gasteiger partial charge on any atom is 0.429 e. The van der Waals surface area contributed by atoms with E-state index in [1.54, 1.807) is 24.3 Å². The SMILES string of the molecule is O=C([O-])C1=Cc2cc(Cl)c(Cc3ccc(Cl)cc3)cc2OC1C(F)(F)F. The van der Waals surface area contributed by atoms with Crippen LogP contribution in [0.4, 0.5) is 13.2 Å². The second kappa shape index (κ2) is 6.85. The van der Waals surface area contributed by atoms with Gasteiger partial charge in [0.25, 0.3) is 0 Å². The third-order valence-electron chi connectivity index (χ3n) is 3.86. The van der Waals surface area contributed by atoms with Crippen LogP contribution in [0.5, 0.6) is 5.75 Å². The smallest absolute Gasteiger partial charge is 0.429 e. The minimum absolute atomic E-state index is 0.0920. The predicted molar refractivity (Wildman–Crippen MR) is 89.2 cm³/mol. The van der Waals surface area contributed by atoms with Crippen molar-refractivity contribution < 1.29 is 27.8 Å². The Balaban J connectivity index is 2.00. The molecule has 2 aromatic rings. The molecule has 0 saturated carbocycles. The van der Waals surface area contributed by atoms with E-state index in [2.05, 4.69) is 0 Å². The molecule has 1 atom stereocenters. The zero-order chi connectivity index (χ0) is 19.1. The number of carbonyl (C=O) groups excluding carboxylic acids is 1. The molecule has 0 saturated heterocycles. The van der Waals surface area contributed by atoms with Crippen LogP contribution in [-0.4, -0.2) is 18.2 Å². The van der Waals surface area contributed by atoms with Gasteiger partial charge in [-0.1, -0.05) is 35.3 Å². The van der Waals surface area contributed by atoms with Crippen molar-refractivity contribution in [2.75, 3.05) is 0 Å². The number of rotatable bonds is 3. The van der Waals surface area contributed by atoms with Crippen molar-refractivity contribution >= 4 is 35.2 Å². The molecule has 0 bridgehead atoms. The summed E-state index contributed by atoms with van der Waals surface area (Å²) in [5.74, 6) is -2.04. The number of carboxylic acids is 1. The Bertz CT molecular complexity index is 890. The van der Waals surface area contributed by atoms with Gasteiger partial charge in [0.1, 0.15) is 5.75 Å². The summed E-state index contributed by atoms with van der Waals surface area (Å²) < 4.78 is 44.3. The van der Waals surface area contributed by atoms with Gasteiger partial charge in [0.15, 0.2) is 0 Å². The van der Waals surface area contributed by atoms with Crippen molar-refractivity contribution in [1.29, 1.82) is 0 Å². The predicted octanol–water partition coefficient (Wildman–Crippen LogP) is 4.04. The van der Waals surface area contributed by atoms with Crippen molar-refractivity contribution in [3.05, 3.63) is 68.7 Å². The molecular weight excluding hydrogens is 392 g/mol. The molecule has 2 aromatic carbocycles. The Kier molecular flexibility index (Phi) is 4.90. The minimum Gasteiger partial charge on any atom is -0.545 e. The van der Waals surface area contributed by atoms with E-state index in [0.717, 1.165) is 11.6 Å². The standard InChI is InChI=1S/C18H11Cl2F3O3/c19-12-3-1-9(2-4-12)5-10-8-15-11(7-14(10)20)6-13(17(24)25)16(26-15)18(21,22)23/h1-4,6-8,16H,5H2,(H,24,25)/p-1. The molecule has 3 rings (SSSR count). The summed E-state index contributed by atoms with van der Waals surface area (Å²) in [7, 11) is 0. The van der Waals surface area contributed by atoms with Crippen LogP contribution in [0.3, 0.4) is 0 Å². The third kappa shape index (κ3) is 3.81. The molecule has 1 aliphatic rings. The van der Waals surface area contributed by atoms with E-state index in [4.69, 9.17) is 27.9 Å². The highest BCUT2D eigenvalue weighted by Crippen LogP contribution is 2.39. The summed E-state index contributed by atoms with van der Waals surface area (Å²) in [4.78, 5) is 11.0. The maximum atomic E-state index is 13.1. The quantitative estimate of drug-likeness (QED) is 0.779. The Morgan fingerprint density at radius 2 is 1.81 bits per heavy atom. The Labute approximate surface area is 156 Å². The number of carbonyl (C=O) groups is 1. The van der Waals surface area contributed by atoms with E-state index in [1.807, 2.05) is 0 Å². The lowest BCUT2D eigenvalue weighted by atomic mass is 9.97. The first-order valence-electron chi connectivity index (χ1n) is 7.38. The van der Waals surface area contributed by atoms with Gasteiger partial charge < -0.3 is 14.6 Å². The molecule has 8 heteroatoms. The monoisotopic (exact) mass is 401 g/mol. The van der Waals surface area contributed by atoms with E-state index in [9.17, 15) is 23.1 Å². The van der Waals surface area contributed by atoms with Crippen molar-refractivity contribution in [3.63, 3.8) is 0 Å². The van der Waals surface area contributed by atoms with Gasteiger partial charge in [-0.25, -0.2) is 0 Å². The van der Waals surface area contributed by atoms with Gasteiger partial charge in [0.2, 0.25) is 6.10 Å². The molecule has 0 aromatic heterocycles. The zero-order valence-corrected chi connectivity index (χ0v) is 14.5. The van der Waals surface area contributed by atoms with Gasteiger partial charge >= 0.3 is 6.18 Å². The Hall–Kier alpha value is -2.18. The number of hydrogen-bond donors (Lipinski definition) is 0. The van der Waals surface area contributed by atoms with E-state index >= 15 is 0 Å². The van der Waals surface area contributed by atoms with Gasteiger partial charge in [0, 0.05) is 21.2 Å². The van der Waals surface area contributed by atoms with E-state index in [-0.39, 0.29) is 16.3 Å². The molecule has 0 amide bonds. The van der Waals surface area contributed by atoms with Gasteiger partial charge in [-0.3, -0.25) is 0 Å². The van der Waals surface area contributed by atoms with Crippen LogP contribution in [0, 0.1) is 0 Å². The lowest BCUT2D eigenvalue weighted by Gasteiger charge is -2.29.